The van der Waals surface area contributed by atoms with E-state index in [1.807, 2.05) is 4.68 Å². The third kappa shape index (κ3) is 3.23. The SMILES string of the molecule is CCC(C)C(N)CSc1nnnn1C1CCCC1. The van der Waals surface area contributed by atoms with Crippen molar-refractivity contribution in [1.29, 1.82) is 0 Å². The number of rotatable bonds is 6. The van der Waals surface area contributed by atoms with E-state index in [1.54, 1.807) is 11.8 Å². The Morgan fingerprint density at radius 2 is 2.17 bits per heavy atom. The molecule has 2 rings (SSSR count). The van der Waals surface area contributed by atoms with E-state index >= 15 is 0 Å². The highest BCUT2D eigenvalue weighted by atomic mass is 32.2. The monoisotopic (exact) mass is 269 g/mol. The quantitative estimate of drug-likeness (QED) is 0.802. The zero-order valence-corrected chi connectivity index (χ0v) is 12.1. The lowest BCUT2D eigenvalue weighted by Crippen LogP contribution is -2.30. The summed E-state index contributed by atoms with van der Waals surface area (Å²) in [6.07, 6.45) is 6.11. The molecule has 0 aliphatic heterocycles. The summed E-state index contributed by atoms with van der Waals surface area (Å²) in [5, 5.41) is 13.0. The maximum Gasteiger partial charge on any atom is 0.209 e. The number of hydrogen-bond donors (Lipinski definition) is 1. The van der Waals surface area contributed by atoms with Crippen LogP contribution in [-0.4, -0.2) is 32.0 Å². The number of nitrogens with two attached hydrogens (primary N) is 1. The van der Waals surface area contributed by atoms with Crippen LogP contribution in [0.4, 0.5) is 0 Å². The summed E-state index contributed by atoms with van der Waals surface area (Å²) >= 11 is 1.69. The number of thioether (sulfide) groups is 1. The van der Waals surface area contributed by atoms with E-state index < -0.39 is 0 Å². The van der Waals surface area contributed by atoms with Crippen molar-refractivity contribution in [2.24, 2.45) is 11.7 Å². The number of nitrogens with zero attached hydrogens (tertiary/aromatic N) is 4. The average molecular weight is 269 g/mol. The lowest BCUT2D eigenvalue weighted by Gasteiger charge is -2.17. The topological polar surface area (TPSA) is 69.6 Å². The number of hydrogen-bond acceptors (Lipinski definition) is 5. The number of aromatic nitrogens is 4. The second-order valence-electron chi connectivity index (χ2n) is 5.20. The maximum atomic E-state index is 6.15. The van der Waals surface area contributed by atoms with Crippen molar-refractivity contribution in [3.05, 3.63) is 0 Å². The van der Waals surface area contributed by atoms with E-state index in [0.717, 1.165) is 17.3 Å². The lowest BCUT2D eigenvalue weighted by atomic mass is 10.0. The van der Waals surface area contributed by atoms with E-state index in [9.17, 15) is 0 Å². The Labute approximate surface area is 113 Å². The van der Waals surface area contributed by atoms with E-state index in [1.165, 1.54) is 25.7 Å². The first-order valence-corrected chi connectivity index (χ1v) is 7.87. The van der Waals surface area contributed by atoms with Crippen molar-refractivity contribution >= 4 is 11.8 Å². The van der Waals surface area contributed by atoms with Gasteiger partial charge in [0, 0.05) is 11.8 Å². The Hall–Kier alpha value is -0.620. The van der Waals surface area contributed by atoms with Gasteiger partial charge < -0.3 is 5.73 Å². The van der Waals surface area contributed by atoms with Gasteiger partial charge in [0.25, 0.3) is 0 Å². The predicted octanol–water partition coefficient (Wildman–Crippen LogP) is 2.25. The first-order chi connectivity index (χ1) is 8.72. The molecule has 0 saturated heterocycles. The molecule has 0 bridgehead atoms. The van der Waals surface area contributed by atoms with Gasteiger partial charge in [0.05, 0.1) is 6.04 Å². The normalized spacial score (nSPS) is 20.2. The molecule has 0 amide bonds. The molecule has 1 aliphatic rings. The summed E-state index contributed by atoms with van der Waals surface area (Å²) in [5.41, 5.74) is 6.15. The van der Waals surface area contributed by atoms with Crippen LogP contribution < -0.4 is 5.73 Å². The molecule has 102 valence electrons. The molecule has 1 aliphatic carbocycles. The van der Waals surface area contributed by atoms with Crippen LogP contribution >= 0.6 is 11.8 Å². The lowest BCUT2D eigenvalue weighted by molar-refractivity contribution is 0.422. The van der Waals surface area contributed by atoms with Gasteiger partial charge in [0.1, 0.15) is 0 Å². The molecule has 6 heteroatoms. The first-order valence-electron chi connectivity index (χ1n) is 6.88. The summed E-state index contributed by atoms with van der Waals surface area (Å²) < 4.78 is 2.00. The van der Waals surface area contributed by atoms with Gasteiger partial charge in [-0.2, -0.15) is 0 Å². The van der Waals surface area contributed by atoms with Gasteiger partial charge in [0.2, 0.25) is 5.16 Å². The van der Waals surface area contributed by atoms with Crippen molar-refractivity contribution in [2.75, 3.05) is 5.75 Å². The summed E-state index contributed by atoms with van der Waals surface area (Å²) in [6, 6.07) is 0.719. The van der Waals surface area contributed by atoms with Crippen molar-refractivity contribution < 1.29 is 0 Å². The van der Waals surface area contributed by atoms with Crippen LogP contribution in [0, 0.1) is 5.92 Å². The highest BCUT2D eigenvalue weighted by Crippen LogP contribution is 2.31. The van der Waals surface area contributed by atoms with Crippen molar-refractivity contribution in [3.63, 3.8) is 0 Å². The van der Waals surface area contributed by atoms with Crippen molar-refractivity contribution in [3.8, 4) is 0 Å². The molecule has 2 N–H and O–H groups in total. The highest BCUT2D eigenvalue weighted by molar-refractivity contribution is 7.99. The van der Waals surface area contributed by atoms with E-state index in [4.69, 9.17) is 5.73 Å². The smallest absolute Gasteiger partial charge is 0.209 e. The van der Waals surface area contributed by atoms with Crippen molar-refractivity contribution in [1.82, 2.24) is 20.2 Å². The second-order valence-corrected chi connectivity index (χ2v) is 6.19. The predicted molar refractivity (Wildman–Crippen MR) is 73.5 cm³/mol. The van der Waals surface area contributed by atoms with Crippen molar-refractivity contribution in [2.45, 2.75) is 63.2 Å². The minimum atomic E-state index is 0.216. The van der Waals surface area contributed by atoms with Crippen LogP contribution in [0.1, 0.15) is 52.0 Å². The van der Waals surface area contributed by atoms with Crippen LogP contribution in [0.25, 0.3) is 0 Å². The molecule has 0 aromatic carbocycles. The van der Waals surface area contributed by atoms with Gasteiger partial charge in [-0.25, -0.2) is 4.68 Å². The van der Waals surface area contributed by atoms with Crippen LogP contribution in [0.2, 0.25) is 0 Å². The second kappa shape index (κ2) is 6.52. The molecule has 0 spiro atoms. The molecule has 0 radical (unpaired) electrons. The Kier molecular flexibility index (Phi) is 5.00. The average Bonchev–Trinajstić information content (AvgIpc) is 3.04. The molecule has 1 aromatic heterocycles. The van der Waals surface area contributed by atoms with Crippen LogP contribution in [0.3, 0.4) is 0 Å². The third-order valence-corrected chi connectivity index (χ3v) is 4.99. The largest absolute Gasteiger partial charge is 0.327 e. The molecular weight excluding hydrogens is 246 g/mol. The van der Waals surface area contributed by atoms with Gasteiger partial charge in [-0.3, -0.25) is 0 Å². The van der Waals surface area contributed by atoms with E-state index in [-0.39, 0.29) is 6.04 Å². The Morgan fingerprint density at radius 1 is 1.44 bits per heavy atom. The molecular formula is C12H23N5S. The zero-order valence-electron chi connectivity index (χ0n) is 11.2. The third-order valence-electron chi connectivity index (χ3n) is 3.91. The van der Waals surface area contributed by atoms with Gasteiger partial charge >= 0.3 is 0 Å². The maximum absolute atomic E-state index is 6.15. The van der Waals surface area contributed by atoms with E-state index in [0.29, 0.717) is 12.0 Å². The fraction of sp³-hybridized carbons (Fsp3) is 0.917. The first kappa shape index (κ1) is 13.8. The zero-order chi connectivity index (χ0) is 13.0. The molecule has 1 heterocycles. The van der Waals surface area contributed by atoms with Gasteiger partial charge in [-0.15, -0.1) is 5.10 Å². The van der Waals surface area contributed by atoms with Crippen LogP contribution in [0.15, 0.2) is 5.16 Å². The van der Waals surface area contributed by atoms with Crippen LogP contribution in [-0.2, 0) is 0 Å². The Morgan fingerprint density at radius 3 is 2.83 bits per heavy atom. The van der Waals surface area contributed by atoms with E-state index in [2.05, 4.69) is 29.4 Å². The fourth-order valence-electron chi connectivity index (χ4n) is 2.30. The Balaban J connectivity index is 1.91. The van der Waals surface area contributed by atoms with Gasteiger partial charge in [-0.05, 0) is 29.2 Å². The van der Waals surface area contributed by atoms with Gasteiger partial charge in [-0.1, -0.05) is 44.9 Å². The fourth-order valence-corrected chi connectivity index (χ4v) is 3.38. The molecule has 1 saturated carbocycles. The summed E-state index contributed by atoms with van der Waals surface area (Å²) in [5.74, 6) is 1.44. The summed E-state index contributed by atoms with van der Waals surface area (Å²) in [6.45, 7) is 4.38. The molecule has 1 aromatic rings. The molecule has 18 heavy (non-hydrogen) atoms. The Bertz CT molecular complexity index is 361. The standard InChI is InChI=1S/C12H23N5S/c1-3-9(2)11(13)8-18-12-14-15-16-17(12)10-6-4-5-7-10/h9-11H,3-8,13H2,1-2H3. The van der Waals surface area contributed by atoms with Gasteiger partial charge in [0.15, 0.2) is 0 Å². The molecule has 2 atom stereocenters. The number of tetrazole rings is 1. The minimum Gasteiger partial charge on any atom is -0.327 e. The molecule has 5 nitrogen and oxygen atoms in total. The molecule has 2 unspecified atom stereocenters. The van der Waals surface area contributed by atoms with Crippen LogP contribution in [0.5, 0.6) is 0 Å². The molecule has 1 fully saturated rings. The summed E-state index contributed by atoms with van der Waals surface area (Å²) in [7, 11) is 0. The summed E-state index contributed by atoms with van der Waals surface area (Å²) in [4.78, 5) is 0. The minimum absolute atomic E-state index is 0.216. The highest BCUT2D eigenvalue weighted by Gasteiger charge is 2.22.